The van der Waals surface area contributed by atoms with E-state index in [0.29, 0.717) is 16.9 Å². The summed E-state index contributed by atoms with van der Waals surface area (Å²) < 4.78 is 13.7. The van der Waals surface area contributed by atoms with Crippen LogP contribution in [0, 0.1) is 22.9 Å². The standard InChI is InChI=1S/C14H14FN3O2/c1-9-7-11(18(19)20)8-16-14(9)17-10(2)12-5-3-4-6-13(12)15/h3-8,10H,1-2H3,(H,16,17). The lowest BCUT2D eigenvalue weighted by molar-refractivity contribution is -0.385. The number of nitrogens with zero attached hydrogens (tertiary/aromatic N) is 2. The Morgan fingerprint density at radius 1 is 1.40 bits per heavy atom. The zero-order valence-electron chi connectivity index (χ0n) is 11.1. The molecule has 1 heterocycles. The molecular formula is C14H14FN3O2. The van der Waals surface area contributed by atoms with Gasteiger partial charge in [-0.2, -0.15) is 0 Å². The third kappa shape index (κ3) is 2.90. The Balaban J connectivity index is 2.22. The van der Waals surface area contributed by atoms with Crippen molar-refractivity contribution in [3.05, 3.63) is 63.6 Å². The summed E-state index contributed by atoms with van der Waals surface area (Å²) in [6, 6.07) is 7.61. The van der Waals surface area contributed by atoms with Gasteiger partial charge in [-0.3, -0.25) is 10.1 Å². The van der Waals surface area contributed by atoms with Gasteiger partial charge in [0, 0.05) is 11.6 Å². The number of nitrogens with one attached hydrogen (secondary N) is 1. The van der Waals surface area contributed by atoms with E-state index in [9.17, 15) is 14.5 Å². The van der Waals surface area contributed by atoms with Crippen LogP contribution in [0.25, 0.3) is 0 Å². The zero-order chi connectivity index (χ0) is 14.7. The molecule has 6 heteroatoms. The van der Waals surface area contributed by atoms with E-state index < -0.39 is 4.92 Å². The normalized spacial score (nSPS) is 11.9. The van der Waals surface area contributed by atoms with E-state index in [2.05, 4.69) is 10.3 Å². The predicted octanol–water partition coefficient (Wildman–Crippen LogP) is 3.61. The van der Waals surface area contributed by atoms with Crippen LogP contribution in [-0.4, -0.2) is 9.91 Å². The maximum Gasteiger partial charge on any atom is 0.287 e. The fourth-order valence-electron chi connectivity index (χ4n) is 1.92. The van der Waals surface area contributed by atoms with Crippen molar-refractivity contribution in [1.82, 2.24) is 4.98 Å². The molecule has 1 atom stereocenters. The Morgan fingerprint density at radius 2 is 2.10 bits per heavy atom. The molecule has 2 rings (SSSR count). The van der Waals surface area contributed by atoms with Gasteiger partial charge in [0.25, 0.3) is 5.69 Å². The fraction of sp³-hybridized carbons (Fsp3) is 0.214. The van der Waals surface area contributed by atoms with Crippen LogP contribution < -0.4 is 5.32 Å². The molecule has 1 N–H and O–H groups in total. The molecule has 0 saturated heterocycles. The number of benzene rings is 1. The first-order valence-electron chi connectivity index (χ1n) is 6.11. The first-order valence-corrected chi connectivity index (χ1v) is 6.11. The van der Waals surface area contributed by atoms with Crippen molar-refractivity contribution >= 4 is 11.5 Å². The molecule has 1 unspecified atom stereocenters. The number of pyridine rings is 1. The predicted molar refractivity (Wildman–Crippen MR) is 74.1 cm³/mol. The van der Waals surface area contributed by atoms with Gasteiger partial charge in [0.05, 0.1) is 11.0 Å². The molecule has 5 nitrogen and oxygen atoms in total. The third-order valence-electron chi connectivity index (χ3n) is 3.00. The second-order valence-electron chi connectivity index (χ2n) is 4.50. The van der Waals surface area contributed by atoms with Crippen molar-refractivity contribution < 1.29 is 9.31 Å². The average Bonchev–Trinajstić information content (AvgIpc) is 2.41. The second-order valence-corrected chi connectivity index (χ2v) is 4.50. The van der Waals surface area contributed by atoms with Crippen LogP contribution in [0.15, 0.2) is 36.5 Å². The molecule has 0 radical (unpaired) electrons. The highest BCUT2D eigenvalue weighted by Crippen LogP contribution is 2.24. The minimum Gasteiger partial charge on any atom is -0.363 e. The summed E-state index contributed by atoms with van der Waals surface area (Å²) in [5.74, 6) is 0.207. The van der Waals surface area contributed by atoms with Crippen molar-refractivity contribution in [2.75, 3.05) is 5.32 Å². The van der Waals surface area contributed by atoms with E-state index in [1.807, 2.05) is 0 Å². The van der Waals surface area contributed by atoms with Crippen LogP contribution in [0.4, 0.5) is 15.9 Å². The number of rotatable bonds is 4. The first kappa shape index (κ1) is 13.9. The highest BCUT2D eigenvalue weighted by atomic mass is 19.1. The minimum absolute atomic E-state index is 0.0633. The molecule has 2 aromatic rings. The van der Waals surface area contributed by atoms with Crippen molar-refractivity contribution in [1.29, 1.82) is 0 Å². The van der Waals surface area contributed by atoms with Crippen molar-refractivity contribution in [2.24, 2.45) is 0 Å². The molecular weight excluding hydrogens is 261 g/mol. The molecule has 20 heavy (non-hydrogen) atoms. The van der Waals surface area contributed by atoms with E-state index in [1.54, 1.807) is 32.0 Å². The van der Waals surface area contributed by atoms with E-state index in [1.165, 1.54) is 18.3 Å². The molecule has 0 fully saturated rings. The quantitative estimate of drug-likeness (QED) is 0.683. The van der Waals surface area contributed by atoms with Gasteiger partial charge in [-0.1, -0.05) is 18.2 Å². The molecule has 0 aliphatic heterocycles. The lowest BCUT2D eigenvalue weighted by Crippen LogP contribution is -2.11. The number of nitro groups is 1. The van der Waals surface area contributed by atoms with Gasteiger partial charge in [-0.05, 0) is 25.5 Å². The lowest BCUT2D eigenvalue weighted by Gasteiger charge is -2.16. The van der Waals surface area contributed by atoms with Crippen LogP contribution in [0.1, 0.15) is 24.1 Å². The summed E-state index contributed by atoms with van der Waals surface area (Å²) in [6.07, 6.45) is 1.18. The maximum absolute atomic E-state index is 13.7. The van der Waals surface area contributed by atoms with Gasteiger partial charge in [0.2, 0.25) is 0 Å². The number of anilines is 1. The Labute approximate surface area is 115 Å². The molecule has 1 aromatic heterocycles. The van der Waals surface area contributed by atoms with Gasteiger partial charge in [0.1, 0.15) is 17.8 Å². The zero-order valence-corrected chi connectivity index (χ0v) is 11.1. The van der Waals surface area contributed by atoms with Crippen LogP contribution in [0.5, 0.6) is 0 Å². The first-order chi connectivity index (χ1) is 9.49. The number of hydrogen-bond acceptors (Lipinski definition) is 4. The lowest BCUT2D eigenvalue weighted by atomic mass is 10.1. The second kappa shape index (κ2) is 5.64. The van der Waals surface area contributed by atoms with Crippen molar-refractivity contribution in [3.8, 4) is 0 Å². The molecule has 0 spiro atoms. The smallest absolute Gasteiger partial charge is 0.287 e. The number of aromatic nitrogens is 1. The molecule has 0 amide bonds. The van der Waals surface area contributed by atoms with E-state index in [0.717, 1.165) is 0 Å². The summed E-state index contributed by atoms with van der Waals surface area (Å²) in [4.78, 5) is 14.2. The highest BCUT2D eigenvalue weighted by molar-refractivity contribution is 5.49. The van der Waals surface area contributed by atoms with E-state index >= 15 is 0 Å². The van der Waals surface area contributed by atoms with Crippen molar-refractivity contribution in [3.63, 3.8) is 0 Å². The van der Waals surface area contributed by atoms with Gasteiger partial charge >= 0.3 is 0 Å². The average molecular weight is 275 g/mol. The van der Waals surface area contributed by atoms with Crippen LogP contribution in [0.3, 0.4) is 0 Å². The third-order valence-corrected chi connectivity index (χ3v) is 3.00. The highest BCUT2D eigenvalue weighted by Gasteiger charge is 2.14. The molecule has 0 aliphatic carbocycles. The Bertz CT molecular complexity index is 646. The van der Waals surface area contributed by atoms with E-state index in [-0.39, 0.29) is 17.5 Å². The summed E-state index contributed by atoms with van der Waals surface area (Å²) in [5.41, 5.74) is 1.10. The fourth-order valence-corrected chi connectivity index (χ4v) is 1.92. The Kier molecular flexibility index (Phi) is 3.93. The Hall–Kier alpha value is -2.50. The molecule has 104 valence electrons. The summed E-state index contributed by atoms with van der Waals surface area (Å²) in [5, 5.41) is 13.7. The van der Waals surface area contributed by atoms with Gasteiger partial charge in [-0.25, -0.2) is 9.37 Å². The largest absolute Gasteiger partial charge is 0.363 e. The SMILES string of the molecule is Cc1cc([N+](=O)[O-])cnc1NC(C)c1ccccc1F. The van der Waals surface area contributed by atoms with Crippen LogP contribution in [-0.2, 0) is 0 Å². The molecule has 1 aromatic carbocycles. The van der Waals surface area contributed by atoms with Gasteiger partial charge in [0.15, 0.2) is 0 Å². The number of halogens is 1. The van der Waals surface area contributed by atoms with Crippen molar-refractivity contribution in [2.45, 2.75) is 19.9 Å². The minimum atomic E-state index is -0.496. The van der Waals surface area contributed by atoms with Gasteiger partial charge < -0.3 is 5.32 Å². The Morgan fingerprint density at radius 3 is 2.70 bits per heavy atom. The maximum atomic E-state index is 13.7. The van der Waals surface area contributed by atoms with Crippen LogP contribution in [0.2, 0.25) is 0 Å². The summed E-state index contributed by atoms with van der Waals surface area (Å²) in [6.45, 7) is 3.53. The van der Waals surface area contributed by atoms with Crippen LogP contribution >= 0.6 is 0 Å². The molecule has 0 aliphatic rings. The topological polar surface area (TPSA) is 68.1 Å². The number of hydrogen-bond donors (Lipinski definition) is 1. The number of aryl methyl sites for hydroxylation is 1. The summed E-state index contributed by atoms with van der Waals surface area (Å²) >= 11 is 0. The van der Waals surface area contributed by atoms with E-state index in [4.69, 9.17) is 0 Å². The monoisotopic (exact) mass is 275 g/mol. The summed E-state index contributed by atoms with van der Waals surface area (Å²) in [7, 11) is 0. The van der Waals surface area contributed by atoms with Gasteiger partial charge in [-0.15, -0.1) is 0 Å². The molecule has 0 saturated carbocycles. The molecule has 0 bridgehead atoms.